The highest BCUT2D eigenvalue weighted by Crippen LogP contribution is 2.34. The van der Waals surface area contributed by atoms with Gasteiger partial charge in [-0.05, 0) is 30.1 Å². The Balaban J connectivity index is 1.95. The van der Waals surface area contributed by atoms with Crippen molar-refractivity contribution >= 4 is 11.8 Å². The molecular weight excluding hydrogens is 299 g/mol. The van der Waals surface area contributed by atoms with Crippen LogP contribution < -0.4 is 5.32 Å². The molecular formula is C15H20F3NOS. The standard InChI is InChI=1S/C15H20F3NOS/c16-15(17,18)14(12-4-2-1-3-5-12)19-13(8-20)10-21-9-11-6-7-11/h1-5,11,13-14,19-20H,6-10H2/t13?,14-/m1/s1. The molecule has 1 aromatic rings. The predicted octanol–water partition coefficient (Wildman–Crippen LogP) is 3.38. The highest BCUT2D eigenvalue weighted by Gasteiger charge is 2.41. The van der Waals surface area contributed by atoms with Crippen molar-refractivity contribution in [1.82, 2.24) is 5.32 Å². The third-order valence-electron chi connectivity index (χ3n) is 3.45. The monoisotopic (exact) mass is 319 g/mol. The molecule has 1 aromatic carbocycles. The van der Waals surface area contributed by atoms with E-state index in [9.17, 15) is 18.3 Å². The van der Waals surface area contributed by atoms with E-state index in [2.05, 4.69) is 5.32 Å². The molecule has 1 fully saturated rings. The molecule has 2 atom stereocenters. The second-order valence-corrected chi connectivity index (χ2v) is 6.49. The largest absolute Gasteiger partial charge is 0.407 e. The Bertz CT molecular complexity index is 423. The summed E-state index contributed by atoms with van der Waals surface area (Å²) in [4.78, 5) is 0. The SMILES string of the molecule is OCC(CSCC1CC1)N[C@H](c1ccccc1)C(F)(F)F. The molecule has 0 saturated heterocycles. The maximum Gasteiger partial charge on any atom is 0.407 e. The predicted molar refractivity (Wildman–Crippen MR) is 79.3 cm³/mol. The average Bonchev–Trinajstić information content (AvgIpc) is 3.26. The molecule has 2 rings (SSSR count). The zero-order chi connectivity index (χ0) is 15.3. The smallest absolute Gasteiger partial charge is 0.395 e. The third kappa shape index (κ3) is 5.52. The molecule has 2 nitrogen and oxygen atoms in total. The molecule has 0 aliphatic heterocycles. The van der Waals surface area contributed by atoms with Crippen molar-refractivity contribution < 1.29 is 18.3 Å². The van der Waals surface area contributed by atoms with Crippen LogP contribution in [0.2, 0.25) is 0 Å². The van der Waals surface area contributed by atoms with Gasteiger partial charge in [0.05, 0.1) is 6.61 Å². The van der Waals surface area contributed by atoms with Crippen LogP contribution in [0.4, 0.5) is 13.2 Å². The number of benzene rings is 1. The van der Waals surface area contributed by atoms with Gasteiger partial charge in [-0.1, -0.05) is 30.3 Å². The van der Waals surface area contributed by atoms with E-state index in [1.807, 2.05) is 0 Å². The number of thioether (sulfide) groups is 1. The quantitative estimate of drug-likeness (QED) is 0.770. The van der Waals surface area contributed by atoms with Gasteiger partial charge in [-0.25, -0.2) is 0 Å². The fourth-order valence-electron chi connectivity index (χ4n) is 2.08. The van der Waals surface area contributed by atoms with Crippen LogP contribution in [-0.2, 0) is 0 Å². The van der Waals surface area contributed by atoms with Crippen LogP contribution in [0.1, 0.15) is 24.4 Å². The summed E-state index contributed by atoms with van der Waals surface area (Å²) in [6.07, 6.45) is -1.94. The van der Waals surface area contributed by atoms with Crippen molar-refractivity contribution in [2.75, 3.05) is 18.1 Å². The first-order valence-corrected chi connectivity index (χ1v) is 8.22. The first-order valence-electron chi connectivity index (χ1n) is 7.07. The van der Waals surface area contributed by atoms with Crippen LogP contribution in [0, 0.1) is 5.92 Å². The minimum atomic E-state index is -4.38. The summed E-state index contributed by atoms with van der Waals surface area (Å²) in [6.45, 7) is -0.295. The van der Waals surface area contributed by atoms with Crippen molar-refractivity contribution in [3.63, 3.8) is 0 Å². The number of hydrogen-bond donors (Lipinski definition) is 2. The molecule has 21 heavy (non-hydrogen) atoms. The van der Waals surface area contributed by atoms with Crippen molar-refractivity contribution in [3.8, 4) is 0 Å². The highest BCUT2D eigenvalue weighted by molar-refractivity contribution is 7.99. The maximum absolute atomic E-state index is 13.2. The topological polar surface area (TPSA) is 32.3 Å². The summed E-state index contributed by atoms with van der Waals surface area (Å²) < 4.78 is 39.6. The first kappa shape index (κ1) is 16.6. The molecule has 0 amide bonds. The number of halogens is 3. The first-order chi connectivity index (χ1) is 10.0. The van der Waals surface area contributed by atoms with Gasteiger partial charge in [0.1, 0.15) is 6.04 Å². The molecule has 1 aliphatic rings. The van der Waals surface area contributed by atoms with E-state index in [-0.39, 0.29) is 12.2 Å². The molecule has 0 spiro atoms. The van der Waals surface area contributed by atoms with Gasteiger partial charge in [-0.15, -0.1) is 0 Å². The minimum Gasteiger partial charge on any atom is -0.395 e. The van der Waals surface area contributed by atoms with Gasteiger partial charge < -0.3 is 5.11 Å². The van der Waals surface area contributed by atoms with Crippen LogP contribution in [0.3, 0.4) is 0 Å². The molecule has 0 heterocycles. The number of hydrogen-bond acceptors (Lipinski definition) is 3. The van der Waals surface area contributed by atoms with Gasteiger partial charge in [0.25, 0.3) is 0 Å². The Morgan fingerprint density at radius 3 is 2.43 bits per heavy atom. The van der Waals surface area contributed by atoms with E-state index in [1.165, 1.54) is 25.0 Å². The van der Waals surface area contributed by atoms with Gasteiger partial charge in [-0.2, -0.15) is 24.9 Å². The Hall–Kier alpha value is -0.720. The van der Waals surface area contributed by atoms with Gasteiger partial charge in [0.15, 0.2) is 0 Å². The van der Waals surface area contributed by atoms with Crippen LogP contribution in [0.15, 0.2) is 30.3 Å². The summed E-state index contributed by atoms with van der Waals surface area (Å²) in [6, 6.07) is 5.48. The average molecular weight is 319 g/mol. The molecule has 1 saturated carbocycles. The van der Waals surface area contributed by atoms with Crippen molar-refractivity contribution in [1.29, 1.82) is 0 Å². The van der Waals surface area contributed by atoms with E-state index >= 15 is 0 Å². The van der Waals surface area contributed by atoms with Gasteiger partial charge >= 0.3 is 6.18 Å². The summed E-state index contributed by atoms with van der Waals surface area (Å²) in [5.41, 5.74) is 0.177. The molecule has 0 bridgehead atoms. The van der Waals surface area contributed by atoms with E-state index < -0.39 is 18.3 Å². The Labute approximate surface area is 127 Å². The Morgan fingerprint density at radius 2 is 1.90 bits per heavy atom. The lowest BCUT2D eigenvalue weighted by Gasteiger charge is -2.26. The fourth-order valence-corrected chi connectivity index (χ4v) is 3.36. The third-order valence-corrected chi connectivity index (χ3v) is 4.80. The van der Waals surface area contributed by atoms with Crippen molar-refractivity contribution in [3.05, 3.63) is 35.9 Å². The Kier molecular flexibility index (Phi) is 5.96. The minimum absolute atomic E-state index is 0.177. The number of aliphatic hydroxyl groups is 1. The van der Waals surface area contributed by atoms with E-state index in [0.29, 0.717) is 5.75 Å². The van der Waals surface area contributed by atoms with Crippen molar-refractivity contribution in [2.45, 2.75) is 31.1 Å². The van der Waals surface area contributed by atoms with Gasteiger partial charge in [0.2, 0.25) is 0 Å². The lowest BCUT2D eigenvalue weighted by atomic mass is 10.1. The zero-order valence-electron chi connectivity index (χ0n) is 11.6. The van der Waals surface area contributed by atoms with E-state index in [4.69, 9.17) is 0 Å². The van der Waals surface area contributed by atoms with Crippen molar-refractivity contribution in [2.24, 2.45) is 5.92 Å². The molecule has 1 unspecified atom stereocenters. The molecule has 118 valence electrons. The number of alkyl halides is 3. The van der Waals surface area contributed by atoms with Crippen LogP contribution in [0.5, 0.6) is 0 Å². The van der Waals surface area contributed by atoms with Crippen LogP contribution >= 0.6 is 11.8 Å². The Morgan fingerprint density at radius 1 is 1.24 bits per heavy atom. The number of rotatable bonds is 8. The number of aliphatic hydroxyl groups excluding tert-OH is 1. The summed E-state index contributed by atoms with van der Waals surface area (Å²) >= 11 is 1.61. The van der Waals surface area contributed by atoms with Crippen LogP contribution in [-0.4, -0.2) is 35.4 Å². The molecule has 6 heteroatoms. The molecule has 1 aliphatic carbocycles. The lowest BCUT2D eigenvalue weighted by molar-refractivity contribution is -0.159. The summed E-state index contributed by atoms with van der Waals surface area (Å²) in [7, 11) is 0. The number of nitrogens with one attached hydrogen (secondary N) is 1. The summed E-state index contributed by atoms with van der Waals surface area (Å²) in [5.74, 6) is 2.19. The van der Waals surface area contributed by atoms with Gasteiger partial charge in [0, 0.05) is 11.8 Å². The van der Waals surface area contributed by atoms with E-state index in [0.717, 1.165) is 11.7 Å². The maximum atomic E-state index is 13.2. The highest BCUT2D eigenvalue weighted by atomic mass is 32.2. The second kappa shape index (κ2) is 7.51. The van der Waals surface area contributed by atoms with Crippen LogP contribution in [0.25, 0.3) is 0 Å². The molecule has 0 radical (unpaired) electrons. The normalized spacial score (nSPS) is 18.5. The summed E-state index contributed by atoms with van der Waals surface area (Å²) in [5, 5.41) is 11.9. The molecule has 0 aromatic heterocycles. The molecule has 2 N–H and O–H groups in total. The zero-order valence-corrected chi connectivity index (χ0v) is 12.5. The van der Waals surface area contributed by atoms with E-state index in [1.54, 1.807) is 30.0 Å². The lowest BCUT2D eigenvalue weighted by Crippen LogP contribution is -2.43. The fraction of sp³-hybridized carbons (Fsp3) is 0.600. The van der Waals surface area contributed by atoms with Gasteiger partial charge in [-0.3, -0.25) is 5.32 Å². The second-order valence-electron chi connectivity index (χ2n) is 5.41.